The van der Waals surface area contributed by atoms with Gasteiger partial charge in [-0.25, -0.2) is 29.3 Å². The molecule has 0 spiro atoms. The van der Waals surface area contributed by atoms with Gasteiger partial charge in [0.15, 0.2) is 12.4 Å². The maximum Gasteiger partial charge on any atom is 0.397 e. The lowest BCUT2D eigenvalue weighted by atomic mass is 9.99. The minimum absolute atomic E-state index is 1.54. The van der Waals surface area contributed by atoms with E-state index in [1.807, 2.05) is 0 Å². The summed E-state index contributed by atoms with van der Waals surface area (Å²) in [5.41, 5.74) is 0. The van der Waals surface area contributed by atoms with Gasteiger partial charge >= 0.3 is 72.8 Å². The van der Waals surface area contributed by atoms with Gasteiger partial charge < -0.3 is 14.2 Å². The van der Waals surface area contributed by atoms with Gasteiger partial charge in [-0.15, -0.1) is 0 Å². The van der Waals surface area contributed by atoms with Crippen LogP contribution in [0.25, 0.3) is 0 Å². The SMILES string of the molecule is O=S(=O)(O)OC[C@@H]1O[C@H](COS(=O)(=O)O)[C@H](OS(=O)(=O)O)[C@@H]1O[C@@H]1O[C@H](COS(=O)(=O)O)[C@@H](OS(=O)(=O)O)[C@@H](OS(=O)(=O)O)[C@@H]1OS(=O)(=O)O. The Balaban J connectivity index is 2.82. The van der Waals surface area contributed by atoms with Gasteiger partial charge in [0.2, 0.25) is 0 Å². The first kappa shape index (κ1) is 45.1. The highest BCUT2D eigenvalue weighted by atomic mass is 32.3. The summed E-state index contributed by atoms with van der Waals surface area (Å²) in [6.07, 6.45) is -24.9. The molecule has 50 heavy (non-hydrogen) atoms. The van der Waals surface area contributed by atoms with Crippen LogP contribution in [0.5, 0.6) is 0 Å². The quantitative estimate of drug-likeness (QED) is 0.0594. The monoisotopic (exact) mass is 886 g/mol. The third kappa shape index (κ3) is 16.8. The molecule has 0 aliphatic carbocycles. The Hall–Kier alpha value is -1.03. The average Bonchev–Trinajstić information content (AvgIpc) is 3.14. The third-order valence-corrected chi connectivity index (χ3v) is 8.53. The lowest BCUT2D eigenvalue weighted by Crippen LogP contribution is -2.64. The second-order valence-electron chi connectivity index (χ2n) is 8.95. The Kier molecular flexibility index (Phi) is 14.6. The van der Waals surface area contributed by atoms with E-state index in [1.54, 1.807) is 0 Å². The molecule has 298 valence electrons. The largest absolute Gasteiger partial charge is 0.397 e. The molecule has 0 radical (unpaired) electrons. The molecule has 38 heteroatoms. The van der Waals surface area contributed by atoms with Crippen molar-refractivity contribution in [2.75, 3.05) is 19.8 Å². The van der Waals surface area contributed by atoms with Crippen LogP contribution in [0.4, 0.5) is 0 Å². The van der Waals surface area contributed by atoms with Crippen LogP contribution in [-0.4, -0.2) is 166 Å². The fourth-order valence-electron chi connectivity index (χ4n) is 3.98. The van der Waals surface area contributed by atoms with E-state index >= 15 is 0 Å². The predicted molar refractivity (Wildman–Crippen MR) is 140 cm³/mol. The molecule has 2 fully saturated rings. The van der Waals surface area contributed by atoms with Crippen LogP contribution in [0, 0.1) is 0 Å². The number of rotatable bonds is 19. The van der Waals surface area contributed by atoms with Crippen LogP contribution in [0.15, 0.2) is 0 Å². The second-order valence-corrected chi connectivity index (χ2v) is 16.4. The molecule has 0 unspecified atom stereocenters. The molecular weight excluding hydrogens is 865 g/mol. The second kappa shape index (κ2) is 16.1. The Bertz CT molecular complexity index is 1970. The minimum Gasteiger partial charge on any atom is -0.364 e. The zero-order valence-corrected chi connectivity index (χ0v) is 28.8. The standard InChI is InChI=1S/C12H22O31S7/c13-44(14,15)34-1-4-7(8(40-47(22,23)24)5(37-4)2-35-45(16,17)18)39-12-11(43-50(31,32)33)10(42-49(28,29)30)9(41-48(25,26)27)6(38-12)3-36-46(19,20)21/h4-12H,1-3H2,(H,13,14,15)(H,16,17,18)(H,19,20,21)(H,22,23,24)(H,25,26,27)(H,28,29,30)(H,31,32,33)/t4-,5+,6+,7+,8-,9+,10+,11-,12-/m0/s1. The Morgan fingerprint density at radius 3 is 0.980 bits per heavy atom. The molecule has 0 bridgehead atoms. The number of ether oxygens (including phenoxy) is 3. The van der Waals surface area contributed by atoms with Gasteiger partial charge in [-0.05, 0) is 0 Å². The highest BCUT2D eigenvalue weighted by Gasteiger charge is 2.57. The average molecular weight is 887 g/mol. The summed E-state index contributed by atoms with van der Waals surface area (Å²) in [6.45, 7) is -4.89. The third-order valence-electron chi connectivity index (χ3n) is 5.36. The molecular formula is C12H22O31S7. The molecule has 2 aliphatic heterocycles. The summed E-state index contributed by atoms with van der Waals surface area (Å²) >= 11 is 0. The van der Waals surface area contributed by atoms with Crippen LogP contribution < -0.4 is 0 Å². The van der Waals surface area contributed by atoms with Crippen LogP contribution in [0.3, 0.4) is 0 Å². The topological polar surface area (TPSA) is 473 Å². The lowest BCUT2D eigenvalue weighted by Gasteiger charge is -2.44. The molecule has 0 saturated carbocycles. The van der Waals surface area contributed by atoms with Crippen molar-refractivity contribution in [3.63, 3.8) is 0 Å². The first-order chi connectivity index (χ1) is 22.1. The minimum atomic E-state index is -6.02. The summed E-state index contributed by atoms with van der Waals surface area (Å²) in [7, 11) is -40.3. The van der Waals surface area contributed by atoms with Crippen LogP contribution in [0.2, 0.25) is 0 Å². The maximum absolute atomic E-state index is 11.7. The molecule has 2 aliphatic rings. The van der Waals surface area contributed by atoms with Crippen molar-refractivity contribution < 1.29 is 134 Å². The smallest absolute Gasteiger partial charge is 0.364 e. The fraction of sp³-hybridized carbons (Fsp3) is 1.00. The van der Waals surface area contributed by atoms with E-state index < -0.39 is 148 Å². The number of hydrogen-bond acceptors (Lipinski definition) is 24. The van der Waals surface area contributed by atoms with Crippen molar-refractivity contribution in [1.29, 1.82) is 0 Å². The normalized spacial score (nSPS) is 30.7. The van der Waals surface area contributed by atoms with E-state index in [-0.39, 0.29) is 0 Å². The van der Waals surface area contributed by atoms with E-state index in [0.29, 0.717) is 0 Å². The fourth-order valence-corrected chi connectivity index (χ4v) is 6.91. The van der Waals surface area contributed by atoms with Crippen molar-refractivity contribution in [1.82, 2.24) is 0 Å². The van der Waals surface area contributed by atoms with Crippen molar-refractivity contribution in [2.24, 2.45) is 0 Å². The molecule has 0 aromatic heterocycles. The lowest BCUT2D eigenvalue weighted by molar-refractivity contribution is -0.304. The van der Waals surface area contributed by atoms with Crippen LogP contribution in [-0.2, 0) is 116 Å². The van der Waals surface area contributed by atoms with Crippen LogP contribution >= 0.6 is 0 Å². The van der Waals surface area contributed by atoms with Gasteiger partial charge in [-0.3, -0.25) is 31.9 Å². The molecule has 9 atom stereocenters. The van der Waals surface area contributed by atoms with Gasteiger partial charge in [0.25, 0.3) is 0 Å². The molecule has 2 rings (SSSR count). The van der Waals surface area contributed by atoms with E-state index in [4.69, 9.17) is 27.9 Å². The Morgan fingerprint density at radius 1 is 0.360 bits per heavy atom. The summed E-state index contributed by atoms with van der Waals surface area (Å²) in [6, 6.07) is 0. The van der Waals surface area contributed by atoms with Gasteiger partial charge in [0, 0.05) is 0 Å². The zero-order chi connectivity index (χ0) is 38.9. The molecule has 0 amide bonds. The first-order valence-electron chi connectivity index (χ1n) is 11.6. The summed E-state index contributed by atoms with van der Waals surface area (Å²) < 4.78 is 268. The van der Waals surface area contributed by atoms with E-state index in [9.17, 15) is 77.1 Å². The first-order valence-corrected chi connectivity index (χ1v) is 21.1. The highest BCUT2D eigenvalue weighted by molar-refractivity contribution is 7.82. The highest BCUT2D eigenvalue weighted by Crippen LogP contribution is 2.36. The number of hydrogen-bond donors (Lipinski definition) is 7. The zero-order valence-electron chi connectivity index (χ0n) is 23.1. The maximum atomic E-state index is 11.7. The molecule has 7 N–H and O–H groups in total. The van der Waals surface area contributed by atoms with Crippen molar-refractivity contribution in [3.8, 4) is 0 Å². The van der Waals surface area contributed by atoms with Crippen LogP contribution in [0.1, 0.15) is 0 Å². The predicted octanol–water partition coefficient (Wildman–Crippen LogP) is -5.93. The van der Waals surface area contributed by atoms with Crippen molar-refractivity contribution in [2.45, 2.75) is 55.1 Å². The molecule has 31 nitrogen and oxygen atoms in total. The van der Waals surface area contributed by atoms with Gasteiger partial charge in [-0.1, -0.05) is 0 Å². The molecule has 2 saturated heterocycles. The van der Waals surface area contributed by atoms with Gasteiger partial charge in [-0.2, -0.15) is 58.9 Å². The summed E-state index contributed by atoms with van der Waals surface area (Å²) in [5.74, 6) is 0. The van der Waals surface area contributed by atoms with E-state index in [2.05, 4.69) is 29.3 Å². The molecule has 2 heterocycles. The van der Waals surface area contributed by atoms with Crippen molar-refractivity contribution in [3.05, 3.63) is 0 Å². The summed E-state index contributed by atoms with van der Waals surface area (Å²) in [4.78, 5) is 0. The Labute approximate surface area is 281 Å². The van der Waals surface area contributed by atoms with E-state index in [0.717, 1.165) is 0 Å². The van der Waals surface area contributed by atoms with Gasteiger partial charge in [0.1, 0.15) is 42.7 Å². The molecule has 0 aromatic rings. The van der Waals surface area contributed by atoms with E-state index in [1.165, 1.54) is 0 Å². The Morgan fingerprint density at radius 2 is 0.640 bits per heavy atom. The summed E-state index contributed by atoms with van der Waals surface area (Å²) in [5, 5.41) is 0. The van der Waals surface area contributed by atoms with Crippen molar-refractivity contribution >= 4 is 72.8 Å². The molecule has 0 aromatic carbocycles. The van der Waals surface area contributed by atoms with Gasteiger partial charge in [0.05, 0.1) is 19.8 Å².